The van der Waals surface area contributed by atoms with Gasteiger partial charge in [-0.1, -0.05) is 18.2 Å². The predicted molar refractivity (Wildman–Crippen MR) is 59.3 cm³/mol. The smallest absolute Gasteiger partial charge is 0.413 e. The highest BCUT2D eigenvalue weighted by Gasteiger charge is 2.28. The van der Waals surface area contributed by atoms with Crippen molar-refractivity contribution in [2.24, 2.45) is 0 Å². The van der Waals surface area contributed by atoms with Crippen LogP contribution >= 0.6 is 0 Å². The SMILES string of the molecule is FC(F)(F)CONCC1CCOc2ccccc21. The summed E-state index contributed by atoms with van der Waals surface area (Å²) in [4.78, 5) is 4.40. The Bertz CT molecular complexity index is 395. The summed E-state index contributed by atoms with van der Waals surface area (Å²) in [6.07, 6.45) is -3.54. The van der Waals surface area contributed by atoms with E-state index in [4.69, 9.17) is 4.74 Å². The fourth-order valence-corrected chi connectivity index (χ4v) is 1.92. The van der Waals surface area contributed by atoms with Gasteiger partial charge in [-0.25, -0.2) is 5.48 Å². The van der Waals surface area contributed by atoms with Crippen LogP contribution in [0.25, 0.3) is 0 Å². The molecule has 1 aliphatic rings. The molecule has 0 radical (unpaired) electrons. The zero-order valence-electron chi connectivity index (χ0n) is 9.67. The second kappa shape index (κ2) is 5.58. The number of alkyl halides is 3. The summed E-state index contributed by atoms with van der Waals surface area (Å²) in [5, 5.41) is 0. The van der Waals surface area contributed by atoms with Crippen molar-refractivity contribution in [3.05, 3.63) is 29.8 Å². The van der Waals surface area contributed by atoms with Crippen LogP contribution in [0.3, 0.4) is 0 Å². The number of hydrogen-bond acceptors (Lipinski definition) is 3. The van der Waals surface area contributed by atoms with Gasteiger partial charge in [0.05, 0.1) is 6.61 Å². The van der Waals surface area contributed by atoms with E-state index < -0.39 is 12.8 Å². The maximum absolute atomic E-state index is 11.9. The molecular formula is C12H14F3NO2. The first-order chi connectivity index (χ1) is 8.56. The van der Waals surface area contributed by atoms with Gasteiger partial charge in [0, 0.05) is 12.5 Å². The van der Waals surface area contributed by atoms with Crippen molar-refractivity contribution >= 4 is 0 Å². The van der Waals surface area contributed by atoms with Crippen LogP contribution < -0.4 is 10.2 Å². The van der Waals surface area contributed by atoms with Crippen LogP contribution in [0.1, 0.15) is 17.9 Å². The summed E-state index contributed by atoms with van der Waals surface area (Å²) in [6, 6.07) is 7.54. The number of para-hydroxylation sites is 1. The first kappa shape index (κ1) is 13.2. The summed E-state index contributed by atoms with van der Waals surface area (Å²) in [5.41, 5.74) is 3.38. The van der Waals surface area contributed by atoms with Gasteiger partial charge < -0.3 is 4.74 Å². The molecule has 1 atom stereocenters. The minimum absolute atomic E-state index is 0.114. The molecule has 0 spiro atoms. The highest BCUT2D eigenvalue weighted by atomic mass is 19.4. The monoisotopic (exact) mass is 261 g/mol. The lowest BCUT2D eigenvalue weighted by atomic mass is 9.93. The van der Waals surface area contributed by atoms with Crippen molar-refractivity contribution in [2.75, 3.05) is 19.8 Å². The van der Waals surface area contributed by atoms with E-state index >= 15 is 0 Å². The van der Waals surface area contributed by atoms with Gasteiger partial charge in [0.25, 0.3) is 0 Å². The maximum atomic E-state index is 11.9. The van der Waals surface area contributed by atoms with Crippen molar-refractivity contribution < 1.29 is 22.7 Å². The minimum Gasteiger partial charge on any atom is -0.493 e. The third-order valence-corrected chi connectivity index (χ3v) is 2.75. The molecule has 1 N–H and O–H groups in total. The van der Waals surface area contributed by atoms with E-state index in [-0.39, 0.29) is 5.92 Å². The lowest BCUT2D eigenvalue weighted by molar-refractivity contribution is -0.189. The molecule has 1 aliphatic heterocycles. The number of halogens is 3. The zero-order chi connectivity index (χ0) is 13.0. The maximum Gasteiger partial charge on any atom is 0.413 e. The quantitative estimate of drug-likeness (QED) is 0.667. The van der Waals surface area contributed by atoms with Crippen LogP contribution in [0.4, 0.5) is 13.2 Å². The van der Waals surface area contributed by atoms with Gasteiger partial charge in [-0.15, -0.1) is 0 Å². The Morgan fingerprint density at radius 3 is 2.89 bits per heavy atom. The predicted octanol–water partition coefficient (Wildman–Crippen LogP) is 2.64. The number of benzene rings is 1. The molecule has 1 aromatic rings. The van der Waals surface area contributed by atoms with Crippen LogP contribution in [0, 0.1) is 0 Å². The average molecular weight is 261 g/mol. The molecule has 1 heterocycles. The van der Waals surface area contributed by atoms with Crippen molar-refractivity contribution in [2.45, 2.75) is 18.5 Å². The molecule has 0 aliphatic carbocycles. The van der Waals surface area contributed by atoms with Crippen LogP contribution in [-0.4, -0.2) is 25.9 Å². The molecule has 100 valence electrons. The number of hydrogen-bond donors (Lipinski definition) is 1. The number of ether oxygens (including phenoxy) is 1. The van der Waals surface area contributed by atoms with Gasteiger partial charge in [-0.2, -0.15) is 13.2 Å². The summed E-state index contributed by atoms with van der Waals surface area (Å²) < 4.78 is 41.1. The van der Waals surface area contributed by atoms with E-state index in [2.05, 4.69) is 10.3 Å². The molecule has 2 rings (SSSR count). The third-order valence-electron chi connectivity index (χ3n) is 2.75. The summed E-state index contributed by atoms with van der Waals surface area (Å²) >= 11 is 0. The molecule has 6 heteroatoms. The second-order valence-electron chi connectivity index (χ2n) is 4.12. The Kier molecular flexibility index (Phi) is 4.08. The van der Waals surface area contributed by atoms with Gasteiger partial charge in [0.15, 0.2) is 6.61 Å². The Morgan fingerprint density at radius 2 is 2.11 bits per heavy atom. The highest BCUT2D eigenvalue weighted by Crippen LogP contribution is 2.32. The van der Waals surface area contributed by atoms with Crippen LogP contribution in [0.2, 0.25) is 0 Å². The van der Waals surface area contributed by atoms with Gasteiger partial charge in [-0.3, -0.25) is 4.84 Å². The molecule has 0 saturated heterocycles. The average Bonchev–Trinajstić information content (AvgIpc) is 2.33. The van der Waals surface area contributed by atoms with Crippen molar-refractivity contribution in [3.8, 4) is 5.75 Å². The Morgan fingerprint density at radius 1 is 1.33 bits per heavy atom. The molecule has 0 fully saturated rings. The van der Waals surface area contributed by atoms with Crippen molar-refractivity contribution in [1.82, 2.24) is 5.48 Å². The molecule has 1 unspecified atom stereocenters. The van der Waals surface area contributed by atoms with Crippen LogP contribution in [0.5, 0.6) is 5.75 Å². The number of hydroxylamine groups is 1. The van der Waals surface area contributed by atoms with E-state index in [0.717, 1.165) is 17.7 Å². The normalized spacial score (nSPS) is 19.2. The topological polar surface area (TPSA) is 30.5 Å². The number of rotatable bonds is 4. The van der Waals surface area contributed by atoms with E-state index in [1.165, 1.54) is 0 Å². The van der Waals surface area contributed by atoms with Gasteiger partial charge >= 0.3 is 6.18 Å². The first-order valence-corrected chi connectivity index (χ1v) is 5.69. The molecular weight excluding hydrogens is 247 g/mol. The first-order valence-electron chi connectivity index (χ1n) is 5.69. The fraction of sp³-hybridized carbons (Fsp3) is 0.500. The molecule has 0 bridgehead atoms. The Labute approximate surface area is 103 Å². The van der Waals surface area contributed by atoms with Crippen molar-refractivity contribution in [3.63, 3.8) is 0 Å². The molecule has 0 aromatic heterocycles. The zero-order valence-corrected chi connectivity index (χ0v) is 9.67. The Hall–Kier alpha value is -1.27. The summed E-state index contributed by atoms with van der Waals surface area (Å²) in [5.74, 6) is 0.912. The lowest BCUT2D eigenvalue weighted by Gasteiger charge is -2.25. The molecule has 3 nitrogen and oxygen atoms in total. The molecule has 18 heavy (non-hydrogen) atoms. The molecule has 1 aromatic carbocycles. The second-order valence-corrected chi connectivity index (χ2v) is 4.12. The van der Waals surface area contributed by atoms with Crippen LogP contribution in [0.15, 0.2) is 24.3 Å². The summed E-state index contributed by atoms with van der Waals surface area (Å²) in [7, 11) is 0. The lowest BCUT2D eigenvalue weighted by Crippen LogP contribution is -2.29. The standard InChI is InChI=1S/C12H14F3NO2/c13-12(14,15)8-18-16-7-9-5-6-17-11-4-2-1-3-10(9)11/h1-4,9,16H,5-8H2. The van der Waals surface area contributed by atoms with Crippen molar-refractivity contribution in [1.29, 1.82) is 0 Å². The van der Waals surface area contributed by atoms with E-state index in [9.17, 15) is 13.2 Å². The summed E-state index contributed by atoms with van der Waals surface area (Å²) in [6.45, 7) is -0.364. The van der Waals surface area contributed by atoms with Gasteiger partial charge in [-0.05, 0) is 18.1 Å². The fourth-order valence-electron chi connectivity index (χ4n) is 1.92. The number of nitrogens with one attached hydrogen (secondary N) is 1. The van der Waals surface area contributed by atoms with Gasteiger partial charge in [0.2, 0.25) is 0 Å². The van der Waals surface area contributed by atoms with E-state index in [1.54, 1.807) is 0 Å². The minimum atomic E-state index is -4.30. The molecule has 0 amide bonds. The van der Waals surface area contributed by atoms with Crippen LogP contribution in [-0.2, 0) is 4.84 Å². The van der Waals surface area contributed by atoms with Gasteiger partial charge in [0.1, 0.15) is 5.75 Å². The third kappa shape index (κ3) is 3.61. The highest BCUT2D eigenvalue weighted by molar-refractivity contribution is 5.37. The Balaban J connectivity index is 1.84. The number of fused-ring (bicyclic) bond motifs is 1. The van der Waals surface area contributed by atoms with E-state index in [1.807, 2.05) is 24.3 Å². The van der Waals surface area contributed by atoms with E-state index in [0.29, 0.717) is 13.2 Å². The molecule has 0 saturated carbocycles. The largest absolute Gasteiger partial charge is 0.493 e.